The minimum Gasteiger partial charge on any atom is -0.507 e. The highest BCUT2D eigenvalue weighted by molar-refractivity contribution is 7.94. The fourth-order valence-electron chi connectivity index (χ4n) is 4.82. The zero-order chi connectivity index (χ0) is 22.4. The Hall–Kier alpha value is -3.38. The molecule has 0 bridgehead atoms. The predicted octanol–water partition coefficient (Wildman–Crippen LogP) is 4.59. The number of carbonyl (C=O) groups excluding carboxylic acids is 1. The second-order valence-corrected chi connectivity index (χ2v) is 9.35. The van der Waals surface area contributed by atoms with Crippen molar-refractivity contribution in [3.05, 3.63) is 88.5 Å². The maximum atomic E-state index is 12.1. The van der Waals surface area contributed by atoms with Crippen LogP contribution in [0.2, 0.25) is 0 Å². The fraction of sp³-hybridized carbons (Fsp3) is 0.192. The van der Waals surface area contributed by atoms with Gasteiger partial charge in [-0.05, 0) is 77.4 Å². The normalized spacial score (nSPS) is 19.4. The average molecular weight is 446 g/mol. The Labute approximate surface area is 189 Å². The number of amides is 1. The van der Waals surface area contributed by atoms with Crippen molar-refractivity contribution in [1.29, 1.82) is 0 Å². The molecule has 6 heteroatoms. The van der Waals surface area contributed by atoms with Gasteiger partial charge in [0.15, 0.2) is 11.0 Å². The molecule has 3 aromatic rings. The first-order valence-electron chi connectivity index (χ1n) is 10.5. The molecule has 1 unspecified atom stereocenters. The van der Waals surface area contributed by atoms with Gasteiger partial charge in [0, 0.05) is 17.6 Å². The van der Waals surface area contributed by atoms with Gasteiger partial charge in [-0.1, -0.05) is 30.3 Å². The van der Waals surface area contributed by atoms with Crippen LogP contribution >= 0.6 is 0 Å². The van der Waals surface area contributed by atoms with Crippen molar-refractivity contribution in [2.45, 2.75) is 25.7 Å². The highest BCUT2D eigenvalue weighted by Gasteiger charge is 2.28. The second-order valence-electron chi connectivity index (χ2n) is 8.17. The third-order valence-corrected chi connectivity index (χ3v) is 7.46. The van der Waals surface area contributed by atoms with Crippen LogP contribution in [0, 0.1) is 6.92 Å². The van der Waals surface area contributed by atoms with Crippen molar-refractivity contribution in [3.63, 3.8) is 0 Å². The van der Waals surface area contributed by atoms with Crippen LogP contribution in [0.3, 0.4) is 0 Å². The fourth-order valence-corrected chi connectivity index (χ4v) is 5.76. The molecule has 5 nitrogen and oxygen atoms in total. The van der Waals surface area contributed by atoms with E-state index >= 15 is 0 Å². The number of phenols is 1. The topological polar surface area (TPSA) is 75.6 Å². The molecule has 1 aliphatic heterocycles. The van der Waals surface area contributed by atoms with Crippen molar-refractivity contribution in [2.75, 3.05) is 7.11 Å². The number of hydrogen-bond acceptors (Lipinski definition) is 4. The molecule has 1 heterocycles. The van der Waals surface area contributed by atoms with Gasteiger partial charge in [-0.3, -0.25) is 9.52 Å². The minimum atomic E-state index is -1.63. The Kier molecular flexibility index (Phi) is 5.10. The summed E-state index contributed by atoms with van der Waals surface area (Å²) in [5, 5.41) is 10.7. The highest BCUT2D eigenvalue weighted by Crippen LogP contribution is 2.44. The molecular formula is C26H23NO4S. The SMILES string of the molecule is COc1ccc(-c2cccc3c2CC[C@@H]3c2ccc(C3=CC(=O)NS3=O)c(O)c2)c(C)c1. The maximum Gasteiger partial charge on any atom is 0.257 e. The van der Waals surface area contributed by atoms with E-state index in [0.717, 1.165) is 24.2 Å². The van der Waals surface area contributed by atoms with E-state index in [1.165, 1.54) is 33.9 Å². The lowest BCUT2D eigenvalue weighted by Crippen LogP contribution is -2.16. The van der Waals surface area contributed by atoms with Gasteiger partial charge in [0.2, 0.25) is 0 Å². The molecule has 0 saturated carbocycles. The van der Waals surface area contributed by atoms with E-state index in [9.17, 15) is 14.1 Å². The van der Waals surface area contributed by atoms with Crippen LogP contribution in [0.1, 0.15) is 40.2 Å². The summed E-state index contributed by atoms with van der Waals surface area (Å²) in [6, 6.07) is 18.0. The van der Waals surface area contributed by atoms with Crippen molar-refractivity contribution < 1.29 is 18.8 Å². The molecule has 2 aliphatic rings. The minimum absolute atomic E-state index is 0.0363. The molecule has 32 heavy (non-hydrogen) atoms. The van der Waals surface area contributed by atoms with Crippen LogP contribution in [0.4, 0.5) is 0 Å². The summed E-state index contributed by atoms with van der Waals surface area (Å²) in [7, 11) is 0.0426. The lowest BCUT2D eigenvalue weighted by Gasteiger charge is -2.16. The monoisotopic (exact) mass is 445 g/mol. The van der Waals surface area contributed by atoms with E-state index in [0.29, 0.717) is 10.5 Å². The largest absolute Gasteiger partial charge is 0.507 e. The molecule has 0 spiro atoms. The maximum absolute atomic E-state index is 12.1. The van der Waals surface area contributed by atoms with Crippen molar-refractivity contribution in [1.82, 2.24) is 4.72 Å². The summed E-state index contributed by atoms with van der Waals surface area (Å²) in [4.78, 5) is 11.8. The van der Waals surface area contributed by atoms with E-state index in [4.69, 9.17) is 4.74 Å². The van der Waals surface area contributed by atoms with Crippen LogP contribution in [0.5, 0.6) is 11.5 Å². The van der Waals surface area contributed by atoms with Crippen molar-refractivity contribution in [3.8, 4) is 22.6 Å². The van der Waals surface area contributed by atoms with Gasteiger partial charge in [0.25, 0.3) is 5.91 Å². The molecule has 0 aromatic heterocycles. The van der Waals surface area contributed by atoms with E-state index in [-0.39, 0.29) is 11.7 Å². The Bertz CT molecular complexity index is 1310. The first-order chi connectivity index (χ1) is 15.5. The van der Waals surface area contributed by atoms with Crippen LogP contribution in [-0.4, -0.2) is 22.3 Å². The summed E-state index contributed by atoms with van der Waals surface area (Å²) < 4.78 is 19.8. The summed E-state index contributed by atoms with van der Waals surface area (Å²) >= 11 is 0. The van der Waals surface area contributed by atoms with Crippen molar-refractivity contribution in [2.24, 2.45) is 0 Å². The molecule has 1 aliphatic carbocycles. The van der Waals surface area contributed by atoms with E-state index < -0.39 is 16.9 Å². The van der Waals surface area contributed by atoms with Gasteiger partial charge < -0.3 is 9.84 Å². The molecule has 3 aromatic carbocycles. The quantitative estimate of drug-likeness (QED) is 0.616. The summed E-state index contributed by atoms with van der Waals surface area (Å²) in [6.45, 7) is 2.10. The Balaban J connectivity index is 1.51. The van der Waals surface area contributed by atoms with Gasteiger partial charge in [-0.25, -0.2) is 4.21 Å². The Morgan fingerprint density at radius 3 is 2.56 bits per heavy atom. The Morgan fingerprint density at radius 2 is 1.88 bits per heavy atom. The van der Waals surface area contributed by atoms with Crippen LogP contribution < -0.4 is 9.46 Å². The number of rotatable bonds is 4. The first kappa shape index (κ1) is 20.5. The zero-order valence-corrected chi connectivity index (χ0v) is 18.7. The predicted molar refractivity (Wildman–Crippen MR) is 126 cm³/mol. The molecule has 0 fully saturated rings. The lowest BCUT2D eigenvalue weighted by molar-refractivity contribution is -0.114. The standard InChI is InChI=1S/C26H23NO4S/c1-15-12-17(31-2)7-9-18(15)20-4-3-5-21-19(10-11-22(20)21)16-6-8-23(24(28)13-16)25-14-26(29)27-32(25)30/h3-9,12-14,19,28H,10-11H2,1-2H3,(H,27,29)/t19-,32?/m1/s1. The molecule has 2 atom stereocenters. The molecule has 0 saturated heterocycles. The van der Waals surface area contributed by atoms with Gasteiger partial charge in [-0.2, -0.15) is 0 Å². The number of hydrogen-bond donors (Lipinski definition) is 2. The number of carbonyl (C=O) groups is 1. The smallest absolute Gasteiger partial charge is 0.257 e. The van der Waals surface area contributed by atoms with E-state index in [1.54, 1.807) is 19.2 Å². The molecule has 162 valence electrons. The van der Waals surface area contributed by atoms with Gasteiger partial charge >= 0.3 is 0 Å². The lowest BCUT2D eigenvalue weighted by atomic mass is 9.89. The zero-order valence-electron chi connectivity index (χ0n) is 17.8. The number of methoxy groups -OCH3 is 1. The number of aryl methyl sites for hydroxylation is 1. The Morgan fingerprint density at radius 1 is 1.06 bits per heavy atom. The van der Waals surface area contributed by atoms with Crippen molar-refractivity contribution >= 4 is 21.8 Å². The number of benzene rings is 3. The highest BCUT2D eigenvalue weighted by atomic mass is 32.2. The van der Waals surface area contributed by atoms with Crippen LogP contribution in [-0.2, 0) is 22.2 Å². The number of nitrogens with one attached hydrogen (secondary N) is 1. The first-order valence-corrected chi connectivity index (χ1v) is 11.7. The summed E-state index contributed by atoms with van der Waals surface area (Å²) in [5.74, 6) is 0.649. The van der Waals surface area contributed by atoms with Gasteiger partial charge in [-0.15, -0.1) is 0 Å². The number of fused-ring (bicyclic) bond motifs is 1. The third kappa shape index (κ3) is 3.41. The second kappa shape index (κ2) is 7.95. The van der Waals surface area contributed by atoms with Gasteiger partial charge in [0.05, 0.1) is 12.0 Å². The van der Waals surface area contributed by atoms with E-state index in [1.807, 2.05) is 12.1 Å². The summed E-state index contributed by atoms with van der Waals surface area (Å²) in [6.07, 6.45) is 3.19. The van der Waals surface area contributed by atoms with Crippen LogP contribution in [0.15, 0.2) is 60.7 Å². The number of aromatic hydroxyl groups is 1. The van der Waals surface area contributed by atoms with E-state index in [2.05, 4.69) is 42.0 Å². The van der Waals surface area contributed by atoms with Crippen LogP contribution in [0.25, 0.3) is 16.0 Å². The number of ether oxygens (including phenoxy) is 1. The molecule has 0 radical (unpaired) electrons. The summed E-state index contributed by atoms with van der Waals surface area (Å²) in [5.41, 5.74) is 7.65. The third-order valence-electron chi connectivity index (χ3n) is 6.34. The molecule has 5 rings (SSSR count). The molecule has 2 N–H and O–H groups in total. The van der Waals surface area contributed by atoms with Gasteiger partial charge in [0.1, 0.15) is 11.5 Å². The number of phenolic OH excluding ortho intramolecular Hbond substituents is 1. The molecule has 1 amide bonds. The molecular weight excluding hydrogens is 422 g/mol. The average Bonchev–Trinajstić information content (AvgIpc) is 3.36.